The fraction of sp³-hybridized carbons (Fsp3) is 0.440. The molecular formula is C25H27FN4O3. The number of ether oxygens (including phenoxy) is 2. The van der Waals surface area contributed by atoms with E-state index in [-0.39, 0.29) is 29.1 Å². The average Bonchev–Trinajstić information content (AvgIpc) is 3.06. The highest BCUT2D eigenvalue weighted by atomic mass is 19.1. The van der Waals surface area contributed by atoms with Gasteiger partial charge in [-0.15, -0.1) is 0 Å². The van der Waals surface area contributed by atoms with E-state index < -0.39 is 11.5 Å². The third-order valence-corrected chi connectivity index (χ3v) is 6.75. The minimum absolute atomic E-state index is 0.00232. The molecule has 2 N–H and O–H groups in total. The van der Waals surface area contributed by atoms with Crippen LogP contribution in [0.15, 0.2) is 41.4 Å². The summed E-state index contributed by atoms with van der Waals surface area (Å²) < 4.78 is 27.3. The number of benzene rings is 2. The Balaban J connectivity index is 1.58. The standard InChI is InChI=1S/C25H27FN4O3/c1-24(2)12-16(9-10-31-24)21-13-25(29-23(28)30(3)33-25)19-11-15(7-8-20(19)32-21)18-6-4-5-17(14-27)22(18)26/h4-8,11,16,21H,9-10,12-13H2,1-3H3,(H2,28,29). The van der Waals surface area contributed by atoms with Gasteiger partial charge in [-0.25, -0.2) is 19.3 Å². The molecule has 3 aliphatic heterocycles. The van der Waals surface area contributed by atoms with Crippen molar-refractivity contribution in [2.24, 2.45) is 16.6 Å². The van der Waals surface area contributed by atoms with E-state index in [0.717, 1.165) is 12.8 Å². The molecule has 0 aromatic heterocycles. The number of nitrogens with zero attached hydrogens (tertiary/aromatic N) is 3. The summed E-state index contributed by atoms with van der Waals surface area (Å²) in [6.45, 7) is 4.87. The first-order valence-corrected chi connectivity index (χ1v) is 11.1. The summed E-state index contributed by atoms with van der Waals surface area (Å²) >= 11 is 0. The van der Waals surface area contributed by atoms with E-state index in [2.05, 4.69) is 13.8 Å². The van der Waals surface area contributed by atoms with Crippen LogP contribution in [-0.4, -0.2) is 36.4 Å². The van der Waals surface area contributed by atoms with Gasteiger partial charge >= 0.3 is 0 Å². The van der Waals surface area contributed by atoms with Gasteiger partial charge in [-0.1, -0.05) is 18.2 Å². The smallest absolute Gasteiger partial charge is 0.221 e. The van der Waals surface area contributed by atoms with E-state index in [4.69, 9.17) is 25.0 Å². The zero-order valence-corrected chi connectivity index (χ0v) is 19.0. The molecule has 1 saturated heterocycles. The molecule has 2 aromatic carbocycles. The van der Waals surface area contributed by atoms with Crippen LogP contribution < -0.4 is 10.5 Å². The summed E-state index contributed by atoms with van der Waals surface area (Å²) in [5.41, 5.74) is 6.48. The van der Waals surface area contributed by atoms with Crippen molar-refractivity contribution in [2.75, 3.05) is 13.7 Å². The minimum Gasteiger partial charge on any atom is -0.489 e. The Bertz CT molecular complexity index is 1170. The van der Waals surface area contributed by atoms with Gasteiger partial charge < -0.3 is 15.2 Å². The van der Waals surface area contributed by atoms with Crippen molar-refractivity contribution in [3.05, 3.63) is 53.3 Å². The fourth-order valence-electron chi connectivity index (χ4n) is 5.13. The van der Waals surface area contributed by atoms with Crippen molar-refractivity contribution in [1.29, 1.82) is 5.26 Å². The molecule has 0 bridgehead atoms. The number of fused-ring (bicyclic) bond motifs is 2. The first-order valence-electron chi connectivity index (χ1n) is 11.1. The Morgan fingerprint density at radius 3 is 2.76 bits per heavy atom. The maximum Gasteiger partial charge on any atom is 0.221 e. The maximum atomic E-state index is 14.9. The highest BCUT2D eigenvalue weighted by Crippen LogP contribution is 2.50. The van der Waals surface area contributed by atoms with E-state index in [9.17, 15) is 9.65 Å². The number of nitrogens with two attached hydrogens (primary N) is 1. The number of rotatable bonds is 2. The second-order valence-electron chi connectivity index (χ2n) is 9.55. The lowest BCUT2D eigenvalue weighted by atomic mass is 9.79. The maximum absolute atomic E-state index is 14.9. The Morgan fingerprint density at radius 2 is 2.06 bits per heavy atom. The molecule has 3 aliphatic rings. The SMILES string of the molecule is CN1OC2(CC(C3CCOC(C)(C)C3)Oc3ccc(-c4cccc(C#N)c4F)cc32)N=C1N. The van der Waals surface area contributed by atoms with Crippen LogP contribution in [0.3, 0.4) is 0 Å². The second kappa shape index (κ2) is 7.72. The topological polar surface area (TPSA) is 93.1 Å². The number of hydrogen-bond acceptors (Lipinski definition) is 7. The molecule has 5 rings (SSSR count). The molecule has 33 heavy (non-hydrogen) atoms. The summed E-state index contributed by atoms with van der Waals surface area (Å²) in [6.07, 6.45) is 2.10. The summed E-state index contributed by atoms with van der Waals surface area (Å²) in [4.78, 5) is 10.9. The number of halogens is 1. The summed E-state index contributed by atoms with van der Waals surface area (Å²) in [6, 6.07) is 12.1. The number of hydroxylamine groups is 2. The number of guanidine groups is 1. The third kappa shape index (κ3) is 3.71. The molecule has 3 atom stereocenters. The second-order valence-corrected chi connectivity index (χ2v) is 9.55. The fourth-order valence-corrected chi connectivity index (χ4v) is 5.13. The van der Waals surface area contributed by atoms with E-state index in [1.165, 1.54) is 11.1 Å². The third-order valence-electron chi connectivity index (χ3n) is 6.75. The van der Waals surface area contributed by atoms with Gasteiger partial charge in [-0.05, 0) is 50.5 Å². The normalized spacial score (nSPS) is 28.1. The van der Waals surface area contributed by atoms with Crippen LogP contribution >= 0.6 is 0 Å². The van der Waals surface area contributed by atoms with Gasteiger partial charge in [0.2, 0.25) is 11.7 Å². The molecular weight excluding hydrogens is 423 g/mol. The molecule has 0 saturated carbocycles. The molecule has 1 fully saturated rings. The zero-order valence-electron chi connectivity index (χ0n) is 19.0. The average molecular weight is 451 g/mol. The lowest BCUT2D eigenvalue weighted by molar-refractivity contribution is -0.198. The molecule has 2 aromatic rings. The highest BCUT2D eigenvalue weighted by molar-refractivity contribution is 5.79. The Hall–Kier alpha value is -3.15. The van der Waals surface area contributed by atoms with Crippen LogP contribution in [0, 0.1) is 23.1 Å². The monoisotopic (exact) mass is 450 g/mol. The Morgan fingerprint density at radius 1 is 1.24 bits per heavy atom. The van der Waals surface area contributed by atoms with Gasteiger partial charge in [0.05, 0.1) is 16.7 Å². The number of aliphatic imine (C=N–C) groups is 1. The van der Waals surface area contributed by atoms with Crippen molar-refractivity contribution in [1.82, 2.24) is 5.06 Å². The van der Waals surface area contributed by atoms with Gasteiger partial charge in [-0.3, -0.25) is 0 Å². The molecule has 3 unspecified atom stereocenters. The van der Waals surface area contributed by atoms with Crippen molar-refractivity contribution in [2.45, 2.75) is 50.5 Å². The van der Waals surface area contributed by atoms with E-state index in [1.807, 2.05) is 18.2 Å². The summed E-state index contributed by atoms with van der Waals surface area (Å²) in [5.74, 6) is 0.634. The number of hydrogen-bond donors (Lipinski definition) is 1. The summed E-state index contributed by atoms with van der Waals surface area (Å²) in [7, 11) is 1.72. The lowest BCUT2D eigenvalue weighted by Crippen LogP contribution is -2.46. The summed E-state index contributed by atoms with van der Waals surface area (Å²) in [5, 5.41) is 10.7. The molecule has 7 nitrogen and oxygen atoms in total. The van der Waals surface area contributed by atoms with E-state index in [0.29, 0.717) is 35.5 Å². The van der Waals surface area contributed by atoms with Crippen LogP contribution in [0.4, 0.5) is 4.39 Å². The molecule has 8 heteroatoms. The van der Waals surface area contributed by atoms with Gasteiger partial charge in [0.15, 0.2) is 0 Å². The van der Waals surface area contributed by atoms with Crippen LogP contribution in [0.5, 0.6) is 5.75 Å². The first-order chi connectivity index (χ1) is 15.7. The van der Waals surface area contributed by atoms with Crippen molar-refractivity contribution in [3.63, 3.8) is 0 Å². The van der Waals surface area contributed by atoms with E-state index >= 15 is 0 Å². The van der Waals surface area contributed by atoms with Gasteiger partial charge in [0.25, 0.3) is 0 Å². The van der Waals surface area contributed by atoms with Gasteiger partial charge in [0, 0.05) is 31.6 Å². The molecule has 0 amide bonds. The predicted octanol–water partition coefficient (Wildman–Crippen LogP) is 4.07. The highest BCUT2D eigenvalue weighted by Gasteiger charge is 2.51. The largest absolute Gasteiger partial charge is 0.489 e. The van der Waals surface area contributed by atoms with Crippen molar-refractivity contribution < 1.29 is 18.7 Å². The zero-order chi connectivity index (χ0) is 23.4. The quantitative estimate of drug-likeness (QED) is 0.742. The number of nitriles is 1. The minimum atomic E-state index is -1.06. The molecule has 172 valence electrons. The van der Waals surface area contributed by atoms with Crippen molar-refractivity contribution in [3.8, 4) is 22.9 Å². The van der Waals surface area contributed by atoms with Crippen LogP contribution in [0.25, 0.3) is 11.1 Å². The van der Waals surface area contributed by atoms with Crippen LogP contribution in [-0.2, 0) is 15.3 Å². The predicted molar refractivity (Wildman–Crippen MR) is 120 cm³/mol. The molecule has 0 radical (unpaired) electrons. The molecule has 1 spiro atoms. The van der Waals surface area contributed by atoms with Crippen molar-refractivity contribution >= 4 is 5.96 Å². The van der Waals surface area contributed by atoms with E-state index in [1.54, 1.807) is 25.2 Å². The van der Waals surface area contributed by atoms with Gasteiger partial charge in [0.1, 0.15) is 23.7 Å². The van der Waals surface area contributed by atoms with Crippen LogP contribution in [0.2, 0.25) is 0 Å². The Labute approximate surface area is 192 Å². The first kappa shape index (κ1) is 21.7. The Kier molecular flexibility index (Phi) is 5.07. The van der Waals surface area contributed by atoms with Crippen LogP contribution in [0.1, 0.15) is 44.2 Å². The lowest BCUT2D eigenvalue weighted by Gasteiger charge is -2.44. The van der Waals surface area contributed by atoms with Gasteiger partial charge in [-0.2, -0.15) is 5.26 Å². The molecule has 0 aliphatic carbocycles. The molecule has 3 heterocycles.